The van der Waals surface area contributed by atoms with Gasteiger partial charge in [-0.3, -0.25) is 9.69 Å². The highest BCUT2D eigenvalue weighted by Gasteiger charge is 2.48. The smallest absolute Gasteiger partial charge is 0.309 e. The molecule has 4 rings (SSSR count). The van der Waals surface area contributed by atoms with E-state index in [9.17, 15) is 18.3 Å². The van der Waals surface area contributed by atoms with E-state index in [1.807, 2.05) is 30.9 Å². The topological polar surface area (TPSA) is 106 Å². The summed E-state index contributed by atoms with van der Waals surface area (Å²) in [5.74, 6) is -1.57. The van der Waals surface area contributed by atoms with E-state index in [1.165, 1.54) is 16.4 Å². The number of halogens is 1. The van der Waals surface area contributed by atoms with Crippen LogP contribution in [0, 0.1) is 11.7 Å². The molecular weight excluding hydrogens is 551 g/mol. The Kier molecular flexibility index (Phi) is 10.5. The summed E-state index contributed by atoms with van der Waals surface area (Å²) < 4.78 is 59.3. The summed E-state index contributed by atoms with van der Waals surface area (Å²) in [6, 6.07) is 9.32. The van der Waals surface area contributed by atoms with Crippen LogP contribution in [0.15, 0.2) is 36.4 Å². The number of nitrogens with zero attached hydrogens (tertiary/aromatic N) is 2. The van der Waals surface area contributed by atoms with E-state index in [0.717, 1.165) is 18.4 Å². The van der Waals surface area contributed by atoms with Gasteiger partial charge in [-0.2, -0.15) is 0 Å². The Hall–Kier alpha value is -2.89. The van der Waals surface area contributed by atoms with Crippen LogP contribution in [0.1, 0.15) is 69.5 Å². The van der Waals surface area contributed by atoms with E-state index in [4.69, 9.17) is 14.2 Å². The molecule has 2 aliphatic rings. The zero-order valence-corrected chi connectivity index (χ0v) is 24.9. The van der Waals surface area contributed by atoms with Gasteiger partial charge in [0, 0.05) is 38.1 Å². The zero-order chi connectivity index (χ0) is 29.6. The van der Waals surface area contributed by atoms with Crippen LogP contribution in [0.4, 0.5) is 4.39 Å². The standard InChI is InChI=1S/C30H41FN2O7S/c1-4-7-8-16-41(36,37)33(13-5-2)15-14-32-19-23(21-9-12-26-27(18-21)40-20-39-26)28(30(34)35)29(32)22-10-11-25(38-6-3)24(31)17-22/h9-12,17-18,23,28-29H,4-8,13-16,19-20H2,1-3H3,(H,34,35). The Morgan fingerprint density at radius 2 is 1.80 bits per heavy atom. The predicted octanol–water partition coefficient (Wildman–Crippen LogP) is 5.03. The van der Waals surface area contributed by atoms with Gasteiger partial charge in [0.25, 0.3) is 0 Å². The van der Waals surface area contributed by atoms with Crippen LogP contribution in [0.3, 0.4) is 0 Å². The minimum atomic E-state index is -3.47. The molecule has 1 saturated heterocycles. The highest BCUT2D eigenvalue weighted by Crippen LogP contribution is 2.48. The average Bonchev–Trinajstić information content (AvgIpc) is 3.56. The lowest BCUT2D eigenvalue weighted by atomic mass is 9.82. The number of hydrogen-bond acceptors (Lipinski definition) is 7. The zero-order valence-electron chi connectivity index (χ0n) is 24.1. The number of benzene rings is 2. The molecule has 0 aliphatic carbocycles. The summed E-state index contributed by atoms with van der Waals surface area (Å²) in [7, 11) is -3.47. The van der Waals surface area contributed by atoms with Crippen LogP contribution in [0.25, 0.3) is 0 Å². The van der Waals surface area contributed by atoms with E-state index < -0.39 is 39.7 Å². The normalized spacial score (nSPS) is 20.6. The third-order valence-corrected chi connectivity index (χ3v) is 9.77. The van der Waals surface area contributed by atoms with Gasteiger partial charge < -0.3 is 19.3 Å². The van der Waals surface area contributed by atoms with E-state index in [-0.39, 0.29) is 24.8 Å². The van der Waals surface area contributed by atoms with Gasteiger partial charge in [0.1, 0.15) is 0 Å². The number of carboxylic acid groups (broad SMARTS) is 1. The fraction of sp³-hybridized carbons (Fsp3) is 0.567. The summed E-state index contributed by atoms with van der Waals surface area (Å²) in [6.07, 6.45) is 3.03. The molecule has 0 bridgehead atoms. The monoisotopic (exact) mass is 592 g/mol. The minimum absolute atomic E-state index is 0.0892. The highest BCUT2D eigenvalue weighted by atomic mass is 32.2. The number of sulfonamides is 1. The molecule has 9 nitrogen and oxygen atoms in total. The first-order chi connectivity index (χ1) is 19.7. The number of hydrogen-bond donors (Lipinski definition) is 1. The first-order valence-corrected chi connectivity index (χ1v) is 16.1. The molecule has 3 atom stereocenters. The Balaban J connectivity index is 1.67. The number of rotatable bonds is 15. The number of fused-ring (bicyclic) bond motifs is 1. The molecule has 1 fully saturated rings. The van der Waals surface area contributed by atoms with Crippen LogP contribution in [0.5, 0.6) is 17.2 Å². The second-order valence-electron chi connectivity index (χ2n) is 10.6. The van der Waals surface area contributed by atoms with Gasteiger partial charge in [0.15, 0.2) is 23.1 Å². The van der Waals surface area contributed by atoms with Gasteiger partial charge in [-0.1, -0.05) is 38.8 Å². The van der Waals surface area contributed by atoms with Crippen LogP contribution in [-0.4, -0.2) is 74.0 Å². The van der Waals surface area contributed by atoms with Crippen molar-refractivity contribution in [2.24, 2.45) is 5.92 Å². The van der Waals surface area contributed by atoms with Gasteiger partial charge in [0.2, 0.25) is 16.8 Å². The summed E-state index contributed by atoms with van der Waals surface area (Å²) in [5, 5.41) is 10.5. The van der Waals surface area contributed by atoms with Crippen molar-refractivity contribution in [2.45, 2.75) is 58.4 Å². The minimum Gasteiger partial charge on any atom is -0.491 e. The number of unbranched alkanes of at least 4 members (excludes halogenated alkanes) is 2. The molecule has 11 heteroatoms. The molecule has 226 valence electrons. The Labute approximate surface area is 242 Å². The van der Waals surface area contributed by atoms with E-state index in [0.29, 0.717) is 56.1 Å². The second-order valence-corrected chi connectivity index (χ2v) is 12.7. The molecule has 0 saturated carbocycles. The molecule has 1 N–H and O–H groups in total. The summed E-state index contributed by atoms with van der Waals surface area (Å²) >= 11 is 0. The fourth-order valence-electron chi connectivity index (χ4n) is 5.86. The van der Waals surface area contributed by atoms with Crippen LogP contribution in [-0.2, 0) is 14.8 Å². The Morgan fingerprint density at radius 1 is 1.05 bits per heavy atom. The van der Waals surface area contributed by atoms with Gasteiger partial charge in [-0.05, 0) is 55.2 Å². The lowest BCUT2D eigenvalue weighted by Gasteiger charge is -2.30. The summed E-state index contributed by atoms with van der Waals surface area (Å²) in [5.41, 5.74) is 1.28. The van der Waals surface area contributed by atoms with Crippen molar-refractivity contribution in [2.75, 3.05) is 45.3 Å². The third-order valence-electron chi connectivity index (χ3n) is 7.81. The SMILES string of the molecule is CCCCCS(=O)(=O)N(CCC)CCN1CC(c2ccc3c(c2)OCO3)C(C(=O)O)C1c1ccc(OCC)c(F)c1. The summed E-state index contributed by atoms with van der Waals surface area (Å²) in [6.45, 7) is 7.40. The third kappa shape index (κ3) is 7.13. The lowest BCUT2D eigenvalue weighted by molar-refractivity contribution is -0.143. The van der Waals surface area contributed by atoms with Gasteiger partial charge in [-0.15, -0.1) is 0 Å². The summed E-state index contributed by atoms with van der Waals surface area (Å²) in [4.78, 5) is 14.8. The molecule has 0 spiro atoms. The number of carboxylic acids is 1. The quantitative estimate of drug-likeness (QED) is 0.287. The van der Waals surface area contributed by atoms with Crippen molar-refractivity contribution >= 4 is 16.0 Å². The predicted molar refractivity (Wildman–Crippen MR) is 153 cm³/mol. The van der Waals surface area contributed by atoms with Gasteiger partial charge in [-0.25, -0.2) is 17.1 Å². The molecular formula is C30H41FN2O7S. The molecule has 2 heterocycles. The maximum absolute atomic E-state index is 15.0. The number of carbonyl (C=O) groups is 1. The van der Waals surface area contributed by atoms with Crippen molar-refractivity contribution in [1.82, 2.24) is 9.21 Å². The number of aliphatic carboxylic acids is 1. The first kappa shape index (κ1) is 31.1. The molecule has 2 aromatic carbocycles. The molecule has 3 unspecified atom stereocenters. The van der Waals surface area contributed by atoms with E-state index in [1.54, 1.807) is 19.1 Å². The first-order valence-electron chi connectivity index (χ1n) is 14.5. The maximum Gasteiger partial charge on any atom is 0.309 e. The van der Waals surface area contributed by atoms with Crippen molar-refractivity contribution in [3.05, 3.63) is 53.3 Å². The largest absolute Gasteiger partial charge is 0.491 e. The Bertz CT molecular complexity index is 1310. The van der Waals surface area contributed by atoms with Crippen LogP contribution in [0.2, 0.25) is 0 Å². The van der Waals surface area contributed by atoms with Gasteiger partial charge >= 0.3 is 5.97 Å². The molecule has 0 radical (unpaired) electrons. The maximum atomic E-state index is 15.0. The molecule has 41 heavy (non-hydrogen) atoms. The van der Waals surface area contributed by atoms with Crippen molar-refractivity contribution in [3.63, 3.8) is 0 Å². The lowest BCUT2D eigenvalue weighted by Crippen LogP contribution is -2.40. The average molecular weight is 593 g/mol. The fourth-order valence-corrected chi connectivity index (χ4v) is 7.50. The van der Waals surface area contributed by atoms with Crippen molar-refractivity contribution in [3.8, 4) is 17.2 Å². The van der Waals surface area contributed by atoms with E-state index >= 15 is 4.39 Å². The van der Waals surface area contributed by atoms with E-state index in [2.05, 4.69) is 0 Å². The van der Waals surface area contributed by atoms with Crippen molar-refractivity contribution in [1.29, 1.82) is 0 Å². The number of likely N-dealkylation sites (tertiary alicyclic amines) is 1. The molecule has 0 amide bonds. The van der Waals surface area contributed by atoms with Crippen LogP contribution < -0.4 is 14.2 Å². The second kappa shape index (κ2) is 13.8. The van der Waals surface area contributed by atoms with Crippen molar-refractivity contribution < 1.29 is 36.9 Å². The molecule has 2 aromatic rings. The van der Waals surface area contributed by atoms with Crippen LogP contribution >= 0.6 is 0 Å². The Morgan fingerprint density at radius 3 is 2.49 bits per heavy atom. The van der Waals surface area contributed by atoms with Gasteiger partial charge in [0.05, 0.1) is 18.3 Å². The molecule has 2 aliphatic heterocycles. The molecule has 0 aromatic heterocycles. The number of ether oxygens (including phenoxy) is 3. The highest BCUT2D eigenvalue weighted by molar-refractivity contribution is 7.89.